The molecule has 1 aliphatic rings. The molecule has 0 radical (unpaired) electrons. The summed E-state index contributed by atoms with van der Waals surface area (Å²) in [7, 11) is 1.57. The molecular formula is C22H24N2O5. The van der Waals surface area contributed by atoms with Gasteiger partial charge in [-0.2, -0.15) is 0 Å². The minimum atomic E-state index is -0.967. The molecule has 152 valence electrons. The van der Waals surface area contributed by atoms with Gasteiger partial charge in [0.2, 0.25) is 5.88 Å². The monoisotopic (exact) mass is 396 g/mol. The molecule has 7 nitrogen and oxygen atoms in total. The summed E-state index contributed by atoms with van der Waals surface area (Å²) >= 11 is 0. The van der Waals surface area contributed by atoms with Gasteiger partial charge in [0.1, 0.15) is 0 Å². The van der Waals surface area contributed by atoms with Crippen molar-refractivity contribution < 1.29 is 24.5 Å². The molecule has 0 aliphatic heterocycles. The van der Waals surface area contributed by atoms with E-state index in [0.717, 1.165) is 12.8 Å². The SMILES string of the molecule is COc1cc(C(CC(=O)O)n2cc3ncccc3c2O)ccc1OC1CCCC1. The van der Waals surface area contributed by atoms with Gasteiger partial charge in [0.05, 0.1) is 36.6 Å². The van der Waals surface area contributed by atoms with E-state index in [0.29, 0.717) is 28.0 Å². The first-order valence-electron chi connectivity index (χ1n) is 9.77. The number of aromatic hydroxyl groups is 1. The zero-order chi connectivity index (χ0) is 20.4. The lowest BCUT2D eigenvalue weighted by molar-refractivity contribution is -0.137. The predicted molar refractivity (Wildman–Crippen MR) is 108 cm³/mol. The Morgan fingerprint density at radius 3 is 2.76 bits per heavy atom. The van der Waals surface area contributed by atoms with Crippen LogP contribution in [0, 0.1) is 0 Å². The zero-order valence-electron chi connectivity index (χ0n) is 16.2. The number of fused-ring (bicyclic) bond motifs is 1. The number of nitrogens with zero attached hydrogens (tertiary/aromatic N) is 2. The molecule has 1 saturated carbocycles. The minimum Gasteiger partial charge on any atom is -0.494 e. The van der Waals surface area contributed by atoms with E-state index in [-0.39, 0.29) is 18.4 Å². The molecular weight excluding hydrogens is 372 g/mol. The van der Waals surface area contributed by atoms with Crippen LogP contribution in [0.5, 0.6) is 17.4 Å². The van der Waals surface area contributed by atoms with E-state index in [4.69, 9.17) is 9.47 Å². The molecule has 4 rings (SSSR count). The lowest BCUT2D eigenvalue weighted by atomic mass is 10.0. The Morgan fingerprint density at radius 1 is 1.28 bits per heavy atom. The Labute approximate surface area is 168 Å². The molecule has 0 amide bonds. The lowest BCUT2D eigenvalue weighted by Gasteiger charge is -2.21. The molecule has 1 fully saturated rings. The first-order chi connectivity index (χ1) is 14.1. The van der Waals surface area contributed by atoms with E-state index >= 15 is 0 Å². The van der Waals surface area contributed by atoms with Crippen molar-refractivity contribution in [3.05, 3.63) is 48.3 Å². The number of methoxy groups -OCH3 is 1. The Hall–Kier alpha value is -3.22. The molecule has 1 aliphatic carbocycles. The summed E-state index contributed by atoms with van der Waals surface area (Å²) in [6, 6.07) is 8.31. The highest BCUT2D eigenvalue weighted by molar-refractivity contribution is 5.84. The third kappa shape index (κ3) is 3.85. The maximum absolute atomic E-state index is 11.6. The Morgan fingerprint density at radius 2 is 2.07 bits per heavy atom. The smallest absolute Gasteiger partial charge is 0.305 e. The summed E-state index contributed by atoms with van der Waals surface area (Å²) in [5, 5.41) is 20.7. The maximum atomic E-state index is 11.6. The fourth-order valence-corrected chi connectivity index (χ4v) is 4.00. The molecule has 0 bridgehead atoms. The van der Waals surface area contributed by atoms with Crippen LogP contribution in [-0.4, -0.2) is 38.9 Å². The second-order valence-electron chi connectivity index (χ2n) is 7.34. The second-order valence-corrected chi connectivity index (χ2v) is 7.34. The number of carboxylic acid groups (broad SMARTS) is 1. The van der Waals surface area contributed by atoms with Crippen LogP contribution in [-0.2, 0) is 4.79 Å². The van der Waals surface area contributed by atoms with Crippen LogP contribution in [0.4, 0.5) is 0 Å². The van der Waals surface area contributed by atoms with Crippen LogP contribution in [0.25, 0.3) is 10.9 Å². The average Bonchev–Trinajstić information content (AvgIpc) is 3.35. The van der Waals surface area contributed by atoms with Gasteiger partial charge in [-0.3, -0.25) is 9.78 Å². The predicted octanol–water partition coefficient (Wildman–Crippen LogP) is 4.14. The van der Waals surface area contributed by atoms with Crippen molar-refractivity contribution in [1.29, 1.82) is 0 Å². The van der Waals surface area contributed by atoms with E-state index in [9.17, 15) is 15.0 Å². The maximum Gasteiger partial charge on any atom is 0.305 e. The van der Waals surface area contributed by atoms with Crippen molar-refractivity contribution in [2.75, 3.05) is 7.11 Å². The van der Waals surface area contributed by atoms with Gasteiger partial charge in [-0.05, 0) is 55.5 Å². The van der Waals surface area contributed by atoms with Crippen molar-refractivity contribution in [3.8, 4) is 17.4 Å². The summed E-state index contributed by atoms with van der Waals surface area (Å²) in [5.41, 5.74) is 1.31. The van der Waals surface area contributed by atoms with Crippen molar-refractivity contribution in [2.24, 2.45) is 0 Å². The van der Waals surface area contributed by atoms with Crippen LogP contribution in [0.1, 0.15) is 43.7 Å². The van der Waals surface area contributed by atoms with Gasteiger partial charge in [0, 0.05) is 12.4 Å². The summed E-state index contributed by atoms with van der Waals surface area (Å²) in [6.07, 6.45) is 7.70. The highest BCUT2D eigenvalue weighted by Gasteiger charge is 2.24. The highest BCUT2D eigenvalue weighted by atomic mass is 16.5. The number of aliphatic carboxylic acids is 1. The fourth-order valence-electron chi connectivity index (χ4n) is 4.00. The van der Waals surface area contributed by atoms with E-state index in [1.165, 1.54) is 12.8 Å². The number of benzene rings is 1. The van der Waals surface area contributed by atoms with E-state index in [1.807, 2.05) is 12.1 Å². The molecule has 1 atom stereocenters. The molecule has 0 saturated heterocycles. The van der Waals surface area contributed by atoms with Crippen LogP contribution >= 0.6 is 0 Å². The number of ether oxygens (including phenoxy) is 2. The topological polar surface area (TPSA) is 93.8 Å². The number of hydrogen-bond donors (Lipinski definition) is 2. The van der Waals surface area contributed by atoms with Gasteiger partial charge in [-0.15, -0.1) is 0 Å². The molecule has 3 aromatic rings. The summed E-state index contributed by atoms with van der Waals surface area (Å²) < 4.78 is 13.2. The minimum absolute atomic E-state index is 0.00963. The number of carboxylic acids is 1. The molecule has 0 spiro atoms. The molecule has 1 unspecified atom stereocenters. The van der Waals surface area contributed by atoms with E-state index < -0.39 is 12.0 Å². The first-order valence-corrected chi connectivity index (χ1v) is 9.77. The van der Waals surface area contributed by atoms with Gasteiger partial charge >= 0.3 is 5.97 Å². The third-order valence-electron chi connectivity index (χ3n) is 5.46. The Bertz CT molecular complexity index is 1020. The quantitative estimate of drug-likeness (QED) is 0.623. The average molecular weight is 396 g/mol. The van der Waals surface area contributed by atoms with Crippen LogP contribution in [0.2, 0.25) is 0 Å². The molecule has 29 heavy (non-hydrogen) atoms. The molecule has 7 heteroatoms. The Kier molecular flexibility index (Phi) is 5.29. The lowest BCUT2D eigenvalue weighted by Crippen LogP contribution is -2.15. The third-order valence-corrected chi connectivity index (χ3v) is 5.46. The van der Waals surface area contributed by atoms with Crippen molar-refractivity contribution in [1.82, 2.24) is 9.55 Å². The normalized spacial score (nSPS) is 15.5. The number of hydrogen-bond acceptors (Lipinski definition) is 5. The highest BCUT2D eigenvalue weighted by Crippen LogP contribution is 2.38. The summed E-state index contributed by atoms with van der Waals surface area (Å²) in [4.78, 5) is 15.8. The summed E-state index contributed by atoms with van der Waals surface area (Å²) in [5.74, 6) is 0.231. The van der Waals surface area contributed by atoms with Crippen molar-refractivity contribution in [3.63, 3.8) is 0 Å². The Balaban J connectivity index is 1.72. The van der Waals surface area contributed by atoms with Gasteiger partial charge in [-0.25, -0.2) is 0 Å². The number of rotatable bonds is 7. The largest absolute Gasteiger partial charge is 0.494 e. The van der Waals surface area contributed by atoms with E-state index in [2.05, 4.69) is 4.98 Å². The van der Waals surface area contributed by atoms with Gasteiger partial charge < -0.3 is 24.3 Å². The molecule has 2 heterocycles. The number of carbonyl (C=O) groups is 1. The van der Waals surface area contributed by atoms with Gasteiger partial charge in [0.25, 0.3) is 0 Å². The van der Waals surface area contributed by atoms with Crippen LogP contribution < -0.4 is 9.47 Å². The second kappa shape index (κ2) is 8.03. The van der Waals surface area contributed by atoms with Crippen molar-refractivity contribution in [2.45, 2.75) is 44.2 Å². The van der Waals surface area contributed by atoms with Gasteiger partial charge in [-0.1, -0.05) is 6.07 Å². The molecule has 2 N–H and O–H groups in total. The van der Waals surface area contributed by atoms with Gasteiger partial charge in [0.15, 0.2) is 11.5 Å². The fraction of sp³-hybridized carbons (Fsp3) is 0.364. The standard InChI is InChI=1S/C22H24N2O5/c1-28-20-11-14(8-9-19(20)29-15-5-2-3-6-15)18(12-21(25)26)24-13-17-16(22(24)27)7-4-10-23-17/h4,7-11,13,15,18,27H,2-3,5-6,12H2,1H3,(H,25,26). The van der Waals surface area contributed by atoms with Crippen molar-refractivity contribution >= 4 is 16.9 Å². The zero-order valence-corrected chi connectivity index (χ0v) is 16.2. The van der Waals surface area contributed by atoms with Crippen LogP contribution in [0.15, 0.2) is 42.7 Å². The van der Waals surface area contributed by atoms with Crippen LogP contribution in [0.3, 0.4) is 0 Å². The van der Waals surface area contributed by atoms with E-state index in [1.54, 1.807) is 42.3 Å². The summed E-state index contributed by atoms with van der Waals surface area (Å²) in [6.45, 7) is 0. The molecule has 1 aromatic carbocycles. The number of aromatic nitrogens is 2. The first kappa shape index (κ1) is 19.1. The molecule has 2 aromatic heterocycles. The number of pyridine rings is 1.